The molecule has 1 amide bonds. The molecule has 0 unspecified atom stereocenters. The summed E-state index contributed by atoms with van der Waals surface area (Å²) in [6.45, 7) is 4.21. The molecule has 4 heterocycles. The summed E-state index contributed by atoms with van der Waals surface area (Å²) in [5.74, 6) is 0.164. The van der Waals surface area contributed by atoms with Crippen LogP contribution < -0.4 is 15.4 Å². The van der Waals surface area contributed by atoms with Crippen molar-refractivity contribution in [3.05, 3.63) is 74.8 Å². The van der Waals surface area contributed by atoms with Crippen molar-refractivity contribution in [1.82, 2.24) is 14.3 Å². The monoisotopic (exact) mass is 549 g/mol. The number of fused-ring (bicyclic) bond motifs is 1. The molecule has 0 bridgehead atoms. The third kappa shape index (κ3) is 4.49. The first kappa shape index (κ1) is 25.1. The zero-order valence-corrected chi connectivity index (χ0v) is 22.7. The van der Waals surface area contributed by atoms with Gasteiger partial charge in [-0.15, -0.1) is 0 Å². The smallest absolute Gasteiger partial charge is 0.267 e. The Balaban J connectivity index is 1.37. The molecule has 0 spiro atoms. The number of carbonyl (C=O) groups excluding carboxylic acids is 1. The van der Waals surface area contributed by atoms with Gasteiger partial charge in [-0.3, -0.25) is 18.9 Å². The number of piperazine rings is 1. The summed E-state index contributed by atoms with van der Waals surface area (Å²) in [4.78, 5) is 38.4. The minimum atomic E-state index is -0.247. The summed E-state index contributed by atoms with van der Waals surface area (Å²) < 4.78 is 16.5. The standard InChI is InChI=1S/C28H28FN5O2S2/c1-18-10-11-24-30-25(32-14-12-31(13-15-32)22-9-5-4-8-21(22)29)20(26(35)33(24)17-18)16-23-27(36)34(28(37)38-23)19-6-2-3-7-19/h4-5,8-11,16-17,19H,2-3,6-7,12-15H2,1H3. The van der Waals surface area contributed by atoms with Gasteiger partial charge in [0.2, 0.25) is 0 Å². The van der Waals surface area contributed by atoms with Crippen molar-refractivity contribution >= 4 is 57.4 Å². The third-order valence-corrected chi connectivity index (χ3v) is 8.88. The Kier molecular flexibility index (Phi) is 6.69. The van der Waals surface area contributed by atoms with Crippen LogP contribution in [0, 0.1) is 12.7 Å². The maximum atomic E-state index is 14.4. The molecule has 6 rings (SSSR count). The lowest BCUT2D eigenvalue weighted by atomic mass is 10.2. The van der Waals surface area contributed by atoms with Crippen LogP contribution in [0.1, 0.15) is 36.8 Å². The van der Waals surface area contributed by atoms with Gasteiger partial charge in [0.15, 0.2) is 0 Å². The molecule has 2 saturated heterocycles. The van der Waals surface area contributed by atoms with Crippen molar-refractivity contribution in [2.45, 2.75) is 38.6 Å². The number of thioether (sulfide) groups is 1. The van der Waals surface area contributed by atoms with Crippen molar-refractivity contribution < 1.29 is 9.18 Å². The number of anilines is 2. The molecule has 2 aromatic heterocycles. The van der Waals surface area contributed by atoms with Crippen LogP contribution in [0.3, 0.4) is 0 Å². The number of aromatic nitrogens is 2. The number of hydrogen-bond acceptors (Lipinski definition) is 7. The van der Waals surface area contributed by atoms with Crippen molar-refractivity contribution in [1.29, 1.82) is 0 Å². The normalized spacial score (nSPS) is 19.9. The first-order chi connectivity index (χ1) is 18.4. The zero-order valence-electron chi connectivity index (χ0n) is 21.1. The minimum Gasteiger partial charge on any atom is -0.366 e. The van der Waals surface area contributed by atoms with Crippen LogP contribution in [0.25, 0.3) is 11.7 Å². The number of thiocarbonyl (C=S) groups is 1. The summed E-state index contributed by atoms with van der Waals surface area (Å²) >= 11 is 6.84. The van der Waals surface area contributed by atoms with Crippen molar-refractivity contribution in [2.75, 3.05) is 36.0 Å². The molecule has 0 radical (unpaired) electrons. The van der Waals surface area contributed by atoms with Crippen molar-refractivity contribution in [3.63, 3.8) is 0 Å². The highest BCUT2D eigenvalue weighted by atomic mass is 32.2. The first-order valence-corrected chi connectivity index (χ1v) is 14.2. The third-order valence-electron chi connectivity index (χ3n) is 7.55. The Morgan fingerprint density at radius 2 is 1.74 bits per heavy atom. The Morgan fingerprint density at radius 3 is 2.47 bits per heavy atom. The predicted octanol–water partition coefficient (Wildman–Crippen LogP) is 4.61. The average molecular weight is 550 g/mol. The van der Waals surface area contributed by atoms with E-state index in [2.05, 4.69) is 4.90 Å². The molecule has 2 aliphatic heterocycles. The number of halogens is 1. The van der Waals surface area contributed by atoms with E-state index in [-0.39, 0.29) is 23.3 Å². The number of carbonyl (C=O) groups is 1. The molecule has 38 heavy (non-hydrogen) atoms. The lowest BCUT2D eigenvalue weighted by molar-refractivity contribution is -0.123. The molecule has 0 atom stereocenters. The maximum absolute atomic E-state index is 14.4. The molecule has 3 aliphatic rings. The molecule has 10 heteroatoms. The molecule has 196 valence electrons. The van der Waals surface area contributed by atoms with Crippen LogP contribution in [-0.2, 0) is 4.79 Å². The number of amides is 1. The quantitative estimate of drug-likeness (QED) is 0.348. The van der Waals surface area contributed by atoms with Crippen molar-refractivity contribution in [2.24, 2.45) is 0 Å². The Labute approximate surface area is 229 Å². The van der Waals surface area contributed by atoms with E-state index in [0.717, 1.165) is 31.2 Å². The van der Waals surface area contributed by atoms with E-state index in [1.54, 1.807) is 29.3 Å². The largest absolute Gasteiger partial charge is 0.366 e. The van der Waals surface area contributed by atoms with E-state index in [4.69, 9.17) is 17.2 Å². The predicted molar refractivity (Wildman–Crippen MR) is 154 cm³/mol. The zero-order chi connectivity index (χ0) is 26.4. The molecule has 3 aromatic rings. The second-order valence-electron chi connectivity index (χ2n) is 10.0. The number of nitrogens with zero attached hydrogens (tertiary/aromatic N) is 5. The van der Waals surface area contributed by atoms with Gasteiger partial charge in [0, 0.05) is 38.4 Å². The fourth-order valence-corrected chi connectivity index (χ4v) is 6.95. The van der Waals surface area contributed by atoms with E-state index in [1.165, 1.54) is 22.2 Å². The number of hydrogen-bond donors (Lipinski definition) is 0. The Bertz CT molecular complexity index is 1520. The van der Waals surface area contributed by atoms with E-state index in [9.17, 15) is 14.0 Å². The van der Waals surface area contributed by atoms with E-state index in [0.29, 0.717) is 58.1 Å². The fourth-order valence-electron chi connectivity index (χ4n) is 5.57. The van der Waals surface area contributed by atoms with Gasteiger partial charge in [0.05, 0.1) is 16.2 Å². The van der Waals surface area contributed by atoms with Gasteiger partial charge in [-0.05, 0) is 49.6 Å². The van der Waals surface area contributed by atoms with Gasteiger partial charge in [-0.1, -0.05) is 55.0 Å². The van der Waals surface area contributed by atoms with E-state index < -0.39 is 0 Å². The highest BCUT2D eigenvalue weighted by Gasteiger charge is 2.38. The van der Waals surface area contributed by atoms with Gasteiger partial charge < -0.3 is 9.80 Å². The van der Waals surface area contributed by atoms with Gasteiger partial charge >= 0.3 is 0 Å². The second kappa shape index (κ2) is 10.1. The van der Waals surface area contributed by atoms with Gasteiger partial charge in [0.1, 0.15) is 21.6 Å². The highest BCUT2D eigenvalue weighted by molar-refractivity contribution is 8.26. The Morgan fingerprint density at radius 1 is 1.03 bits per heavy atom. The number of rotatable bonds is 4. The Hall–Kier alpha value is -3.24. The number of pyridine rings is 1. The molecule has 1 aliphatic carbocycles. The van der Waals surface area contributed by atoms with Crippen molar-refractivity contribution in [3.8, 4) is 0 Å². The minimum absolute atomic E-state index is 0.129. The van der Waals surface area contributed by atoms with Gasteiger partial charge in [0.25, 0.3) is 11.5 Å². The lowest BCUT2D eigenvalue weighted by Gasteiger charge is -2.37. The summed E-state index contributed by atoms with van der Waals surface area (Å²) in [6.07, 6.45) is 7.55. The van der Waals surface area contributed by atoms with Gasteiger partial charge in [-0.2, -0.15) is 0 Å². The molecule has 0 N–H and O–H groups in total. The topological polar surface area (TPSA) is 61.2 Å². The van der Waals surface area contributed by atoms with E-state index >= 15 is 0 Å². The number of para-hydroxylation sites is 1. The number of benzene rings is 1. The second-order valence-corrected chi connectivity index (χ2v) is 11.7. The summed E-state index contributed by atoms with van der Waals surface area (Å²) in [6, 6.07) is 10.7. The highest BCUT2D eigenvalue weighted by Crippen LogP contribution is 2.38. The van der Waals surface area contributed by atoms with Crippen LogP contribution in [0.2, 0.25) is 0 Å². The molecule has 3 fully saturated rings. The maximum Gasteiger partial charge on any atom is 0.267 e. The summed E-state index contributed by atoms with van der Waals surface area (Å²) in [5.41, 5.74) is 2.20. The van der Waals surface area contributed by atoms with Gasteiger partial charge in [-0.25, -0.2) is 9.37 Å². The van der Waals surface area contributed by atoms with Crippen LogP contribution in [0.4, 0.5) is 15.9 Å². The average Bonchev–Trinajstić information content (AvgIpc) is 3.54. The first-order valence-electron chi connectivity index (χ1n) is 13.0. The molecule has 1 aromatic carbocycles. The fraction of sp³-hybridized carbons (Fsp3) is 0.357. The molecule has 1 saturated carbocycles. The van der Waals surface area contributed by atoms with Crippen LogP contribution in [-0.4, -0.2) is 56.7 Å². The summed E-state index contributed by atoms with van der Waals surface area (Å²) in [5, 5.41) is 0. The van der Waals surface area contributed by atoms with Crippen LogP contribution in [0.15, 0.2) is 52.3 Å². The molecular weight excluding hydrogens is 521 g/mol. The number of aryl methyl sites for hydroxylation is 1. The summed E-state index contributed by atoms with van der Waals surface area (Å²) in [7, 11) is 0. The lowest BCUT2D eigenvalue weighted by Crippen LogP contribution is -2.47. The van der Waals surface area contributed by atoms with Crippen LogP contribution in [0.5, 0.6) is 0 Å². The molecule has 7 nitrogen and oxygen atoms in total. The van der Waals surface area contributed by atoms with E-state index in [1.807, 2.05) is 30.0 Å². The molecular formula is C28H28FN5O2S2. The SMILES string of the molecule is Cc1ccc2nc(N3CCN(c4ccccc4F)CC3)c(C=C3SC(=S)N(C4CCCC4)C3=O)c(=O)n2c1. The van der Waals surface area contributed by atoms with Crippen LogP contribution >= 0.6 is 24.0 Å².